The minimum absolute atomic E-state index is 0.00162. The van der Waals surface area contributed by atoms with Crippen molar-refractivity contribution in [2.24, 2.45) is 0 Å². The standard InChI is InChI=1S/C16H14BrClN2O3/c17-14-2-1-7-19-16(14)23-13-8-20(9-13)15(21)10-22-12-5-3-11(18)4-6-12/h1-7,13H,8-10H2. The summed E-state index contributed by atoms with van der Waals surface area (Å²) in [5, 5.41) is 0.632. The molecule has 1 aromatic carbocycles. The molecule has 0 bridgehead atoms. The molecule has 2 heterocycles. The Morgan fingerprint density at radius 2 is 2.04 bits per heavy atom. The first-order valence-corrected chi connectivity index (χ1v) is 8.22. The fourth-order valence-corrected chi connectivity index (χ4v) is 2.57. The van der Waals surface area contributed by atoms with Crippen LogP contribution >= 0.6 is 27.5 Å². The van der Waals surface area contributed by atoms with Gasteiger partial charge in [-0.1, -0.05) is 11.6 Å². The second-order valence-electron chi connectivity index (χ2n) is 5.07. The summed E-state index contributed by atoms with van der Waals surface area (Å²) in [7, 11) is 0. The third kappa shape index (κ3) is 4.14. The first-order valence-electron chi connectivity index (χ1n) is 7.05. The van der Waals surface area contributed by atoms with Gasteiger partial charge in [-0.2, -0.15) is 0 Å². The van der Waals surface area contributed by atoms with Gasteiger partial charge in [0.15, 0.2) is 6.61 Å². The smallest absolute Gasteiger partial charge is 0.260 e. The summed E-state index contributed by atoms with van der Waals surface area (Å²) in [6, 6.07) is 10.6. The van der Waals surface area contributed by atoms with Crippen molar-refractivity contribution in [1.29, 1.82) is 0 Å². The van der Waals surface area contributed by atoms with E-state index in [1.807, 2.05) is 12.1 Å². The minimum Gasteiger partial charge on any atom is -0.484 e. The van der Waals surface area contributed by atoms with Crippen molar-refractivity contribution < 1.29 is 14.3 Å². The Labute approximate surface area is 147 Å². The SMILES string of the molecule is O=C(COc1ccc(Cl)cc1)N1CC(Oc2ncccc2Br)C1. The van der Waals surface area contributed by atoms with Gasteiger partial charge in [-0.3, -0.25) is 4.79 Å². The zero-order valence-corrected chi connectivity index (χ0v) is 14.5. The first-order chi connectivity index (χ1) is 11.1. The minimum atomic E-state index is -0.0695. The molecule has 120 valence electrons. The molecular formula is C16H14BrClN2O3. The van der Waals surface area contributed by atoms with Crippen LogP contribution in [0.1, 0.15) is 0 Å². The van der Waals surface area contributed by atoms with Gasteiger partial charge in [-0.05, 0) is 52.3 Å². The van der Waals surface area contributed by atoms with Crippen LogP contribution in [-0.2, 0) is 4.79 Å². The van der Waals surface area contributed by atoms with E-state index in [1.54, 1.807) is 35.4 Å². The van der Waals surface area contributed by atoms with Gasteiger partial charge < -0.3 is 14.4 Å². The van der Waals surface area contributed by atoms with E-state index in [1.165, 1.54) is 0 Å². The number of pyridine rings is 1. The van der Waals surface area contributed by atoms with Crippen molar-refractivity contribution in [3.63, 3.8) is 0 Å². The molecule has 1 fully saturated rings. The average Bonchev–Trinajstić information content (AvgIpc) is 2.51. The molecule has 0 aliphatic carbocycles. The highest BCUT2D eigenvalue weighted by atomic mass is 79.9. The maximum atomic E-state index is 12.0. The number of carbonyl (C=O) groups is 1. The molecule has 3 rings (SSSR count). The fourth-order valence-electron chi connectivity index (χ4n) is 2.10. The fraction of sp³-hybridized carbons (Fsp3) is 0.250. The number of hydrogen-bond acceptors (Lipinski definition) is 4. The summed E-state index contributed by atoms with van der Waals surface area (Å²) in [6.07, 6.45) is 1.63. The van der Waals surface area contributed by atoms with Gasteiger partial charge in [0.2, 0.25) is 5.88 Å². The maximum absolute atomic E-state index is 12.0. The summed E-state index contributed by atoms with van der Waals surface area (Å²) < 4.78 is 12.0. The molecule has 5 nitrogen and oxygen atoms in total. The van der Waals surface area contributed by atoms with Gasteiger partial charge in [0.1, 0.15) is 11.9 Å². The molecule has 1 saturated heterocycles. The van der Waals surface area contributed by atoms with Crippen LogP contribution in [0, 0.1) is 0 Å². The van der Waals surface area contributed by atoms with E-state index in [4.69, 9.17) is 21.1 Å². The number of carbonyl (C=O) groups excluding carboxylic acids is 1. The Bertz CT molecular complexity index is 690. The third-order valence-corrected chi connectivity index (χ3v) is 4.24. The maximum Gasteiger partial charge on any atom is 0.260 e. The van der Waals surface area contributed by atoms with Crippen LogP contribution in [-0.4, -0.2) is 41.6 Å². The van der Waals surface area contributed by atoms with E-state index in [9.17, 15) is 4.79 Å². The number of nitrogens with zero attached hydrogens (tertiary/aromatic N) is 2. The topological polar surface area (TPSA) is 51.7 Å². The largest absolute Gasteiger partial charge is 0.484 e. The predicted octanol–water partition coefficient (Wildman–Crippen LogP) is 3.17. The van der Waals surface area contributed by atoms with E-state index < -0.39 is 0 Å². The summed E-state index contributed by atoms with van der Waals surface area (Å²) in [6.45, 7) is 1.07. The monoisotopic (exact) mass is 396 g/mol. The second kappa shape index (κ2) is 7.19. The number of amides is 1. The molecule has 23 heavy (non-hydrogen) atoms. The van der Waals surface area contributed by atoms with Crippen molar-refractivity contribution in [3.8, 4) is 11.6 Å². The van der Waals surface area contributed by atoms with Crippen LogP contribution in [0.2, 0.25) is 5.02 Å². The van der Waals surface area contributed by atoms with Crippen molar-refractivity contribution in [3.05, 3.63) is 52.1 Å². The molecule has 0 N–H and O–H groups in total. The third-order valence-electron chi connectivity index (χ3n) is 3.38. The number of hydrogen-bond donors (Lipinski definition) is 0. The first kappa shape index (κ1) is 16.1. The summed E-state index contributed by atoms with van der Waals surface area (Å²) in [5.74, 6) is 1.09. The van der Waals surface area contributed by atoms with Crippen molar-refractivity contribution in [1.82, 2.24) is 9.88 Å². The summed E-state index contributed by atoms with van der Waals surface area (Å²) >= 11 is 9.18. The Morgan fingerprint density at radius 1 is 1.30 bits per heavy atom. The Morgan fingerprint density at radius 3 is 2.74 bits per heavy atom. The molecule has 0 radical (unpaired) electrons. The van der Waals surface area contributed by atoms with Gasteiger partial charge in [0, 0.05) is 11.2 Å². The lowest BCUT2D eigenvalue weighted by atomic mass is 10.1. The Balaban J connectivity index is 1.43. The highest BCUT2D eigenvalue weighted by Gasteiger charge is 2.33. The molecular weight excluding hydrogens is 384 g/mol. The lowest BCUT2D eigenvalue weighted by molar-refractivity contribution is -0.142. The number of likely N-dealkylation sites (tertiary alicyclic amines) is 1. The van der Waals surface area contributed by atoms with E-state index >= 15 is 0 Å². The molecule has 7 heteroatoms. The number of rotatable bonds is 5. The zero-order chi connectivity index (χ0) is 16.2. The zero-order valence-electron chi connectivity index (χ0n) is 12.1. The second-order valence-corrected chi connectivity index (χ2v) is 6.36. The highest BCUT2D eigenvalue weighted by molar-refractivity contribution is 9.10. The van der Waals surface area contributed by atoms with Crippen LogP contribution < -0.4 is 9.47 Å². The summed E-state index contributed by atoms with van der Waals surface area (Å²) in [5.41, 5.74) is 0. The van der Waals surface area contributed by atoms with Crippen molar-refractivity contribution >= 4 is 33.4 Å². The highest BCUT2D eigenvalue weighted by Crippen LogP contribution is 2.24. The van der Waals surface area contributed by atoms with Crippen LogP contribution in [0.5, 0.6) is 11.6 Å². The molecule has 1 aliphatic heterocycles. The van der Waals surface area contributed by atoms with Gasteiger partial charge in [-0.25, -0.2) is 4.98 Å². The molecule has 1 amide bonds. The molecule has 0 spiro atoms. The quantitative estimate of drug-likeness (QED) is 0.778. The predicted molar refractivity (Wildman–Crippen MR) is 89.9 cm³/mol. The molecule has 0 unspecified atom stereocenters. The van der Waals surface area contributed by atoms with Gasteiger partial charge in [-0.15, -0.1) is 0 Å². The average molecular weight is 398 g/mol. The van der Waals surface area contributed by atoms with Crippen LogP contribution in [0.4, 0.5) is 0 Å². The lowest BCUT2D eigenvalue weighted by Gasteiger charge is -2.38. The molecule has 1 aromatic heterocycles. The van der Waals surface area contributed by atoms with Crippen molar-refractivity contribution in [2.75, 3.05) is 19.7 Å². The van der Waals surface area contributed by atoms with Crippen LogP contribution in [0.15, 0.2) is 47.1 Å². The van der Waals surface area contributed by atoms with Crippen molar-refractivity contribution in [2.45, 2.75) is 6.10 Å². The van der Waals surface area contributed by atoms with E-state index in [-0.39, 0.29) is 18.6 Å². The van der Waals surface area contributed by atoms with E-state index in [2.05, 4.69) is 20.9 Å². The Hall–Kier alpha value is -1.79. The number of halogens is 2. The van der Waals surface area contributed by atoms with Gasteiger partial charge >= 0.3 is 0 Å². The number of benzene rings is 1. The number of aromatic nitrogens is 1. The lowest BCUT2D eigenvalue weighted by Crippen LogP contribution is -2.57. The molecule has 0 saturated carbocycles. The van der Waals surface area contributed by atoms with Gasteiger partial charge in [0.05, 0.1) is 17.6 Å². The summed E-state index contributed by atoms with van der Waals surface area (Å²) in [4.78, 5) is 17.9. The molecule has 0 atom stereocenters. The normalized spacial score (nSPS) is 14.3. The van der Waals surface area contributed by atoms with Crippen LogP contribution in [0.3, 0.4) is 0 Å². The Kier molecular flexibility index (Phi) is 5.03. The number of ether oxygens (including phenoxy) is 2. The molecule has 1 aliphatic rings. The van der Waals surface area contributed by atoms with Crippen LogP contribution in [0.25, 0.3) is 0 Å². The van der Waals surface area contributed by atoms with Gasteiger partial charge in [0.25, 0.3) is 5.91 Å². The van der Waals surface area contributed by atoms with E-state index in [0.29, 0.717) is 29.7 Å². The van der Waals surface area contributed by atoms with E-state index in [0.717, 1.165) is 4.47 Å². The molecule has 2 aromatic rings.